The summed E-state index contributed by atoms with van der Waals surface area (Å²) >= 11 is 12.2. The van der Waals surface area contributed by atoms with E-state index in [1.165, 1.54) is 4.68 Å². The number of piperazine rings is 2. The van der Waals surface area contributed by atoms with Gasteiger partial charge in [0.05, 0.1) is 41.6 Å². The van der Waals surface area contributed by atoms with Crippen molar-refractivity contribution in [3.8, 4) is 17.6 Å². The molecule has 5 N–H and O–H groups in total. The lowest BCUT2D eigenvalue weighted by Crippen LogP contribution is -2.49. The minimum absolute atomic E-state index is 0. The maximum atomic E-state index is 13.1. The van der Waals surface area contributed by atoms with Gasteiger partial charge in [0.1, 0.15) is 42.2 Å². The number of pyridine rings is 2. The predicted octanol–water partition coefficient (Wildman–Crippen LogP) is 3.65. The molecule has 0 atom stereocenters. The van der Waals surface area contributed by atoms with Crippen molar-refractivity contribution in [3.05, 3.63) is 94.5 Å². The second-order valence-corrected chi connectivity index (χ2v) is 15.8. The summed E-state index contributed by atoms with van der Waals surface area (Å²) in [6, 6.07) is 20.9. The Morgan fingerprint density at radius 1 is 0.727 bits per heavy atom. The number of aliphatic imine (C=N–C) groups is 1. The lowest BCUT2D eigenvalue weighted by Gasteiger charge is -2.36. The third-order valence-electron chi connectivity index (χ3n) is 11.0. The van der Waals surface area contributed by atoms with Crippen LogP contribution in [-0.2, 0) is 22.7 Å². The Kier molecular flexibility index (Phi) is 16.9. The van der Waals surface area contributed by atoms with E-state index in [0.29, 0.717) is 90.6 Å². The van der Waals surface area contributed by atoms with Gasteiger partial charge in [-0.05, 0) is 48.5 Å². The molecule has 0 spiro atoms. The number of anilines is 2. The van der Waals surface area contributed by atoms with Crippen LogP contribution in [0.5, 0.6) is 11.5 Å². The molecule has 6 aromatic rings. The number of fused-ring (bicyclic) bond motifs is 2. The summed E-state index contributed by atoms with van der Waals surface area (Å²) in [4.78, 5) is 47.2. The van der Waals surface area contributed by atoms with Crippen molar-refractivity contribution < 1.29 is 19.1 Å². The smallest absolute Gasteiger partial charge is 0.244 e. The highest BCUT2D eigenvalue weighted by molar-refractivity contribution is 6.32. The van der Waals surface area contributed by atoms with Gasteiger partial charge in [-0.1, -0.05) is 30.6 Å². The molecule has 2 fully saturated rings. The van der Waals surface area contributed by atoms with E-state index in [2.05, 4.69) is 46.3 Å². The number of nitrogens with one attached hydrogen (secondary N) is 1. The monoisotopic (exact) mass is 939 g/mol. The van der Waals surface area contributed by atoms with Crippen LogP contribution < -0.4 is 36.1 Å². The first-order chi connectivity index (χ1) is 31.7. The van der Waals surface area contributed by atoms with E-state index in [9.17, 15) is 14.9 Å². The van der Waals surface area contributed by atoms with E-state index in [-0.39, 0.29) is 38.0 Å². The summed E-state index contributed by atoms with van der Waals surface area (Å²) in [5.74, 6) is 2.03. The molecule has 9 rings (SSSR count). The summed E-state index contributed by atoms with van der Waals surface area (Å²) in [6.45, 7) is 8.29. The molecule has 19 nitrogen and oxygen atoms in total. The summed E-state index contributed by atoms with van der Waals surface area (Å²) in [7, 11) is 3.20. The van der Waals surface area contributed by atoms with Crippen LogP contribution in [0.25, 0.3) is 22.1 Å². The van der Waals surface area contributed by atoms with Crippen molar-refractivity contribution in [1.82, 2.24) is 44.6 Å². The van der Waals surface area contributed by atoms with Gasteiger partial charge in [-0.3, -0.25) is 14.6 Å². The van der Waals surface area contributed by atoms with Crippen LogP contribution in [0.4, 0.5) is 11.4 Å². The van der Waals surface area contributed by atoms with Gasteiger partial charge in [0.15, 0.2) is 17.0 Å². The van der Waals surface area contributed by atoms with Gasteiger partial charge < -0.3 is 45.9 Å². The molecule has 0 aliphatic carbocycles. The fourth-order valence-corrected chi connectivity index (χ4v) is 8.02. The Morgan fingerprint density at radius 3 is 1.67 bits per heavy atom. The Balaban J connectivity index is 0.000000200. The molecular formula is C45H55Cl2N15O4. The lowest BCUT2D eigenvalue weighted by molar-refractivity contribution is -0.133. The van der Waals surface area contributed by atoms with Crippen LogP contribution in [0.1, 0.15) is 18.8 Å². The summed E-state index contributed by atoms with van der Waals surface area (Å²) in [5, 5.41) is 24.1. The summed E-state index contributed by atoms with van der Waals surface area (Å²) in [6.07, 6.45) is 3.35. The second-order valence-electron chi connectivity index (χ2n) is 15.0. The maximum absolute atomic E-state index is 13.1. The molecule has 348 valence electrons. The number of halogens is 2. The Bertz CT molecular complexity index is 2680. The van der Waals surface area contributed by atoms with Gasteiger partial charge in [-0.25, -0.2) is 19.3 Å². The van der Waals surface area contributed by atoms with E-state index in [1.54, 1.807) is 43.4 Å². The molecule has 0 saturated carbocycles. The van der Waals surface area contributed by atoms with E-state index < -0.39 is 0 Å². The number of nitriles is 1. The van der Waals surface area contributed by atoms with Crippen molar-refractivity contribution in [2.45, 2.75) is 20.5 Å². The second kappa shape index (κ2) is 22.9. The number of amidine groups is 1. The molecule has 7 heterocycles. The van der Waals surface area contributed by atoms with Gasteiger partial charge in [0.2, 0.25) is 11.8 Å². The molecule has 2 saturated heterocycles. The Morgan fingerprint density at radius 2 is 1.21 bits per heavy atom. The van der Waals surface area contributed by atoms with Crippen molar-refractivity contribution in [3.63, 3.8) is 0 Å². The lowest BCUT2D eigenvalue weighted by atomic mass is 10.2. The number of rotatable bonds is 10. The first-order valence-electron chi connectivity index (χ1n) is 21.1. The first-order valence-corrected chi connectivity index (χ1v) is 21.9. The van der Waals surface area contributed by atoms with Crippen molar-refractivity contribution in [2.24, 2.45) is 16.5 Å². The predicted molar refractivity (Wildman–Crippen MR) is 258 cm³/mol. The number of ether oxygens (including phenoxy) is 2. The van der Waals surface area contributed by atoms with E-state index in [4.69, 9.17) is 44.1 Å². The van der Waals surface area contributed by atoms with Crippen LogP contribution in [-0.4, -0.2) is 150 Å². The number of carbonyl (C=O) groups is 2. The zero-order valence-electron chi connectivity index (χ0n) is 36.2. The van der Waals surface area contributed by atoms with Crippen molar-refractivity contribution in [2.75, 3.05) is 103 Å². The van der Waals surface area contributed by atoms with Crippen LogP contribution in [0.15, 0.2) is 78.0 Å². The molecule has 0 unspecified atom stereocenters. The van der Waals surface area contributed by atoms with Gasteiger partial charge in [-0.15, -0.1) is 0 Å². The number of nitrogens with two attached hydrogens (primary N) is 2. The summed E-state index contributed by atoms with van der Waals surface area (Å²) < 4.78 is 13.8. The molecule has 2 aromatic carbocycles. The normalized spacial score (nSPS) is 14.5. The van der Waals surface area contributed by atoms with Crippen LogP contribution in [0.3, 0.4) is 0 Å². The number of amides is 2. The zero-order valence-corrected chi connectivity index (χ0v) is 37.7. The number of carbonyl (C=O) groups excluding carboxylic acids is 2. The van der Waals surface area contributed by atoms with Gasteiger partial charge in [0, 0.05) is 108 Å². The molecule has 0 radical (unpaired) electrons. The highest BCUT2D eigenvalue weighted by Crippen LogP contribution is 2.31. The molecule has 66 heavy (non-hydrogen) atoms. The number of benzene rings is 2. The zero-order chi connectivity index (χ0) is 45.9. The van der Waals surface area contributed by atoms with E-state index in [0.717, 1.165) is 54.5 Å². The molecular weight excluding hydrogens is 886 g/mol. The number of nitrogens with zero attached hydrogens (tertiary/aromatic N) is 12. The van der Waals surface area contributed by atoms with Crippen molar-refractivity contribution >= 4 is 74.3 Å². The molecule has 0 bridgehead atoms. The first kappa shape index (κ1) is 48.7. The summed E-state index contributed by atoms with van der Waals surface area (Å²) in [5.41, 5.74) is 14.1. The van der Waals surface area contributed by atoms with E-state index >= 15 is 0 Å². The molecule has 3 aliphatic heterocycles. The highest BCUT2D eigenvalue weighted by atomic mass is 35.5. The minimum Gasteiger partial charge on any atom is -0.495 e. The largest absolute Gasteiger partial charge is 0.495 e. The number of hydrogen-bond donors (Lipinski definition) is 3. The number of hydrogen-bond acceptors (Lipinski definition) is 15. The Labute approximate surface area is 393 Å². The number of aromatic nitrogens is 6. The molecule has 21 heteroatoms. The molecule has 2 amide bonds. The topological polar surface area (TPSA) is 227 Å². The van der Waals surface area contributed by atoms with Crippen LogP contribution in [0.2, 0.25) is 10.0 Å². The standard InChI is InChI=1S/C22H24ClN7O2.C20H19ClN6O2.C2H8N2.CH4/c1-32-18-13-15(4-5-17(18)23)28-9-11-29(12-10-28)19(31)14-30-22-16(3-2-6-26-22)20(27-30)21-24-7-8-25-21;1-29-18-11-14(4-5-16(18)21)25-7-9-26(10-8-25)19(28)13-27-20-15(3-2-6-23-20)17(12-22)24-27;3-1-2-4;/h2-6,13H,7-12,14H2,1H3,(H,24,25);2-6,11H,7-10,13H2,1H3;1-4H2;1H4. The Hall–Kier alpha value is -6.72. The van der Waals surface area contributed by atoms with Crippen molar-refractivity contribution in [1.29, 1.82) is 5.26 Å². The van der Waals surface area contributed by atoms with Crippen LogP contribution >= 0.6 is 23.2 Å². The number of methoxy groups -OCH3 is 2. The quantitative estimate of drug-likeness (QED) is 0.178. The molecule has 3 aliphatic rings. The fraction of sp³-hybridized carbons (Fsp3) is 0.378. The minimum atomic E-state index is -0.0436. The average molecular weight is 941 g/mol. The average Bonchev–Trinajstić information content (AvgIpc) is 4.11. The van der Waals surface area contributed by atoms with Crippen LogP contribution in [0, 0.1) is 11.3 Å². The molecule has 4 aromatic heterocycles. The SMILES string of the molecule is C.COc1cc(N2CCN(C(=O)Cn3nc(C#N)c4cccnc43)CC2)ccc1Cl.COc1cc(N2CCN(C(=O)Cn3nc(C4=NCCN4)c4cccnc43)CC2)ccc1Cl.NCCN. The highest BCUT2D eigenvalue weighted by Gasteiger charge is 2.26. The fourth-order valence-electron chi connectivity index (χ4n) is 7.63. The third-order valence-corrected chi connectivity index (χ3v) is 11.6. The van der Waals surface area contributed by atoms with Gasteiger partial charge in [-0.2, -0.15) is 15.5 Å². The maximum Gasteiger partial charge on any atom is 0.244 e. The van der Waals surface area contributed by atoms with E-state index in [1.807, 2.05) is 58.3 Å². The van der Waals surface area contributed by atoms with Gasteiger partial charge >= 0.3 is 0 Å². The van der Waals surface area contributed by atoms with Gasteiger partial charge in [0.25, 0.3) is 0 Å². The third kappa shape index (κ3) is 11.2.